The monoisotopic (exact) mass is 1300 g/mol. The fourth-order valence-corrected chi connectivity index (χ4v) is 13.8. The van der Waals surface area contributed by atoms with Crippen LogP contribution in [0, 0.1) is 12.8 Å². The van der Waals surface area contributed by atoms with Crippen molar-refractivity contribution in [1.29, 1.82) is 0 Å². The zero-order valence-electron chi connectivity index (χ0n) is 46.6. The van der Waals surface area contributed by atoms with E-state index in [1.54, 1.807) is 0 Å². The number of H-pyrrole nitrogens is 2. The molecule has 10 heterocycles. The Morgan fingerprint density at radius 1 is 0.609 bits per heavy atom. The third kappa shape index (κ3) is 14.6. The number of nitrogens with zero attached hydrogens (tertiary/aromatic N) is 10. The lowest BCUT2D eigenvalue weighted by molar-refractivity contribution is -0.238. The fourth-order valence-electron chi connectivity index (χ4n) is 10.1. The summed E-state index contributed by atoms with van der Waals surface area (Å²) in [4.78, 5) is 134. The van der Waals surface area contributed by atoms with Gasteiger partial charge in [0.2, 0.25) is 5.95 Å². The zero-order valence-corrected chi connectivity index (χ0v) is 50.2. The zero-order chi connectivity index (χ0) is 62.7. The Hall–Kier alpha value is -5.82. The quantitative estimate of drug-likeness (QED) is 0.0453. The van der Waals surface area contributed by atoms with E-state index in [4.69, 9.17) is 67.8 Å². The maximum atomic E-state index is 14.1. The Morgan fingerprint density at radius 2 is 1.09 bits per heavy atom. The lowest BCUT2D eigenvalue weighted by Gasteiger charge is -2.33. The molecular formula is C45H59N15O23P4-4. The number of phosphoric ester groups is 3. The smallest absolute Gasteiger partial charge is 0.351 e. The molecule has 0 radical (unpaired) electrons. The molecule has 0 aliphatic carbocycles. The summed E-state index contributed by atoms with van der Waals surface area (Å²) in [5.41, 5.74) is 13.5. The lowest BCUT2D eigenvalue weighted by Crippen LogP contribution is -2.34. The normalized spacial score (nSPS) is 28.8. The molecule has 42 heteroatoms. The van der Waals surface area contributed by atoms with Crippen LogP contribution in [0.4, 0.5) is 17.6 Å². The molecule has 4 saturated heterocycles. The molecule has 4 fully saturated rings. The number of fused-ring (bicyclic) bond motifs is 2. The van der Waals surface area contributed by atoms with Crippen LogP contribution in [-0.2, 0) is 68.9 Å². The number of hydrogen-bond donors (Lipinski definition) is 5. The van der Waals surface area contributed by atoms with Gasteiger partial charge < -0.3 is 92.0 Å². The van der Waals surface area contributed by atoms with Crippen LogP contribution in [0.3, 0.4) is 0 Å². The molecule has 476 valence electrons. The van der Waals surface area contributed by atoms with E-state index in [1.165, 1.54) is 54.7 Å². The molecule has 0 spiro atoms. The Kier molecular flexibility index (Phi) is 18.6. The summed E-state index contributed by atoms with van der Waals surface area (Å²) in [6.07, 6.45) is -11.5. The van der Waals surface area contributed by atoms with Crippen LogP contribution in [0.15, 0.2) is 56.6 Å². The topological polar surface area (TPSA) is 537 Å². The molecule has 87 heavy (non-hydrogen) atoms. The molecule has 0 saturated carbocycles. The second-order valence-electron chi connectivity index (χ2n) is 21.4. The average Bonchev–Trinajstić information content (AvgIpc) is 2.20. The Bertz CT molecular complexity index is 3970. The third-order valence-electron chi connectivity index (χ3n) is 14.4. The van der Waals surface area contributed by atoms with Crippen LogP contribution < -0.4 is 59.3 Å². The molecule has 4 aliphatic rings. The molecule has 4 aliphatic heterocycles. The number of nitrogens with two attached hydrogens (primary N) is 3. The van der Waals surface area contributed by atoms with Gasteiger partial charge in [-0.2, -0.15) is 9.97 Å². The summed E-state index contributed by atoms with van der Waals surface area (Å²) in [5.74, 6) is -0.537. The first-order valence-corrected chi connectivity index (χ1v) is 32.8. The number of rotatable bonds is 24. The van der Waals surface area contributed by atoms with Crippen molar-refractivity contribution in [2.75, 3.05) is 37.0 Å². The van der Waals surface area contributed by atoms with E-state index in [-0.39, 0.29) is 77.1 Å². The third-order valence-corrected chi connectivity index (χ3v) is 19.2. The summed E-state index contributed by atoms with van der Waals surface area (Å²) >= 11 is 0. The largest absolute Gasteiger partial charge is 0.778 e. The van der Waals surface area contributed by atoms with Gasteiger partial charge in [0.1, 0.15) is 68.5 Å². The van der Waals surface area contributed by atoms with Gasteiger partial charge in [0.15, 0.2) is 22.6 Å². The SMILES string of the molecule is Cc1cn([C@H]2C[C@@H](OP(=O)([O-])OC[C@H]3O[C@@H](n4cnc5c(N)ncnc54)C[C@H]3OP(=O)([O-])OC[C@H]3O[C@@H](n4cnc5c(=O)[nH]c(N)nc54)C[C@H]3OP(=O)([O-])OC[C@H]3O[C@@H](n4ccc(N)nc4=O)C[C@H]3OP(=O)([O-])C(C)C)[C@@H](CC(C)C)O2)c(=O)[nH]c1=O. The number of ether oxygens (including phenoxy) is 4. The number of nitrogens with one attached hydrogen (secondary N) is 2. The molecule has 10 rings (SSSR count). The Balaban J connectivity index is 0.864. The lowest BCUT2D eigenvalue weighted by atomic mass is 10.0. The van der Waals surface area contributed by atoms with Gasteiger partial charge in [-0.3, -0.25) is 51.5 Å². The molecule has 6 aromatic heterocycles. The Morgan fingerprint density at radius 3 is 1.62 bits per heavy atom. The van der Waals surface area contributed by atoms with Crippen molar-refractivity contribution in [2.45, 2.75) is 146 Å². The van der Waals surface area contributed by atoms with Gasteiger partial charge in [0.25, 0.3) is 34.6 Å². The molecule has 38 nitrogen and oxygen atoms in total. The molecule has 16 atom stereocenters. The van der Waals surface area contributed by atoms with Crippen LogP contribution in [0.2, 0.25) is 0 Å². The number of imidazole rings is 2. The van der Waals surface area contributed by atoms with Gasteiger partial charge >= 0.3 is 11.4 Å². The van der Waals surface area contributed by atoms with Gasteiger partial charge in [-0.25, -0.2) is 29.5 Å². The van der Waals surface area contributed by atoms with Crippen LogP contribution in [0.5, 0.6) is 0 Å². The number of anilines is 3. The van der Waals surface area contributed by atoms with Crippen molar-refractivity contribution in [1.82, 2.24) is 58.1 Å². The van der Waals surface area contributed by atoms with E-state index in [1.807, 2.05) is 13.8 Å². The minimum Gasteiger partial charge on any atom is -0.778 e. The van der Waals surface area contributed by atoms with Crippen molar-refractivity contribution in [3.05, 3.63) is 84.7 Å². The minimum atomic E-state index is -5.68. The maximum absolute atomic E-state index is 14.1. The number of nitrogen functional groups attached to an aromatic ring is 3. The molecule has 0 aromatic carbocycles. The maximum Gasteiger partial charge on any atom is 0.351 e. The number of aromatic amines is 2. The average molecular weight is 1300 g/mol. The van der Waals surface area contributed by atoms with Crippen molar-refractivity contribution in [2.24, 2.45) is 5.92 Å². The van der Waals surface area contributed by atoms with E-state index in [2.05, 4.69) is 39.9 Å². The van der Waals surface area contributed by atoms with E-state index in [0.29, 0.717) is 0 Å². The molecular weight excluding hydrogens is 1240 g/mol. The highest BCUT2D eigenvalue weighted by Gasteiger charge is 2.46. The summed E-state index contributed by atoms with van der Waals surface area (Å²) in [6, 6.07) is 1.27. The van der Waals surface area contributed by atoms with E-state index >= 15 is 0 Å². The van der Waals surface area contributed by atoms with Gasteiger partial charge in [0.05, 0.1) is 63.0 Å². The summed E-state index contributed by atoms with van der Waals surface area (Å²) < 4.78 is 122. The van der Waals surface area contributed by atoms with Crippen molar-refractivity contribution < 1.29 is 88.4 Å². The Labute approximate surface area is 489 Å². The number of phosphoric acid groups is 3. The molecule has 4 unspecified atom stereocenters. The van der Waals surface area contributed by atoms with E-state index in [0.717, 1.165) is 21.8 Å². The molecule has 6 aromatic rings. The first-order chi connectivity index (χ1) is 40.9. The van der Waals surface area contributed by atoms with Crippen LogP contribution in [0.1, 0.15) is 90.3 Å². The van der Waals surface area contributed by atoms with Crippen molar-refractivity contribution in [3.8, 4) is 0 Å². The summed E-state index contributed by atoms with van der Waals surface area (Å²) in [7, 11) is -21.3. The first kappa shape index (κ1) is 64.2. The second-order valence-corrected chi connectivity index (χ2v) is 27.8. The molecule has 0 bridgehead atoms. The van der Waals surface area contributed by atoms with Crippen LogP contribution >= 0.6 is 31.1 Å². The van der Waals surface area contributed by atoms with Crippen molar-refractivity contribution >= 4 is 71.0 Å². The van der Waals surface area contributed by atoms with Crippen LogP contribution in [0.25, 0.3) is 22.3 Å². The summed E-state index contributed by atoms with van der Waals surface area (Å²) in [5, 5.41) is 0. The standard InChI is InChI=1S/C45H63N15O23P4/c1-20(2)8-23-24(9-33(76-23)58-13-22(5)41(61)56-45(58)64)81-85(67,68)74-15-29-26(11-34(78-29)59-18-51-36-38(47)49-17-50-39(36)59)82-87(71,72)75-16-30-27(12-35(79-30)60-19-52-37-40(60)54-43(48)55-42(37)62)83-86(69,70)73-14-28-25(80-84(65,66)21(3)4)10-32(77-28)57-7-6-31(46)53-44(57)63/h6-7,13,17-21,23-30,32-35H,8-12,14-16H2,1-5H3,(H,65,66)(H,67,68)(H,69,70)(H,71,72)(H2,46,53,63)(H2,47,49,50)(H,56,61,64)(H3,48,54,55,62)/p-4/t23-,24-,25-,26-,27-,28-,29-,30-,32-,33-,34-,35-/m1/s1. The fraction of sp³-hybridized carbons (Fsp3) is 0.600. The predicted octanol–water partition coefficient (Wildman–Crippen LogP) is -1.02. The number of hydrogen-bond acceptors (Lipinski definition) is 32. The van der Waals surface area contributed by atoms with Gasteiger partial charge in [0, 0.05) is 49.3 Å². The minimum absolute atomic E-state index is 0.0174. The second kappa shape index (κ2) is 25.2. The number of aromatic nitrogens is 12. The highest BCUT2D eigenvalue weighted by Crippen LogP contribution is 2.52. The number of aryl methyl sites for hydroxylation is 1. The molecule has 0 amide bonds. The van der Waals surface area contributed by atoms with Crippen molar-refractivity contribution in [3.63, 3.8) is 0 Å². The van der Waals surface area contributed by atoms with E-state index < -0.39 is 159 Å². The highest BCUT2D eigenvalue weighted by molar-refractivity contribution is 7.52. The van der Waals surface area contributed by atoms with Gasteiger partial charge in [-0.1, -0.05) is 27.7 Å². The first-order valence-electron chi connectivity index (χ1n) is 26.8. The highest BCUT2D eigenvalue weighted by atomic mass is 31.2. The predicted molar refractivity (Wildman–Crippen MR) is 288 cm³/mol. The van der Waals surface area contributed by atoms with Gasteiger partial charge in [-0.15, -0.1) is 0 Å². The van der Waals surface area contributed by atoms with Crippen LogP contribution in [-0.4, -0.2) is 132 Å². The summed E-state index contributed by atoms with van der Waals surface area (Å²) in [6.45, 7) is 4.89. The van der Waals surface area contributed by atoms with E-state index in [9.17, 15) is 57.0 Å². The van der Waals surface area contributed by atoms with Gasteiger partial charge in [-0.05, 0) is 25.3 Å². The molecule has 8 N–H and O–H groups in total.